The normalized spacial score (nSPS) is 20.6. The number of carbonyl (C=O) groups is 5. The van der Waals surface area contributed by atoms with Gasteiger partial charge in [-0.3, -0.25) is 24.0 Å². The highest BCUT2D eigenvalue weighted by atomic mass is 16.2. The molecule has 0 amide bonds. The van der Waals surface area contributed by atoms with Gasteiger partial charge in [-0.25, -0.2) is 0 Å². The summed E-state index contributed by atoms with van der Waals surface area (Å²) in [5.74, 6) is -7.75. The predicted octanol–water partition coefficient (Wildman–Crippen LogP) is -1.52. The van der Waals surface area contributed by atoms with Gasteiger partial charge in [-0.2, -0.15) is 0 Å². The van der Waals surface area contributed by atoms with Gasteiger partial charge in [0.1, 0.15) is 0 Å². The molecule has 0 bridgehead atoms. The fourth-order valence-electron chi connectivity index (χ4n) is 0.839. The Balaban J connectivity index is 3.16. The third kappa shape index (κ3) is 0.903. The monoisotopic (exact) mass is 168 g/mol. The number of rotatable bonds is 0. The van der Waals surface area contributed by atoms with Crippen LogP contribution in [0.15, 0.2) is 0 Å². The zero-order valence-corrected chi connectivity index (χ0v) is 6.12. The summed E-state index contributed by atoms with van der Waals surface area (Å²) in [6, 6.07) is 0. The molecule has 62 valence electrons. The number of ketones is 5. The minimum atomic E-state index is -1.51. The van der Waals surface area contributed by atoms with Crippen LogP contribution in [0.2, 0.25) is 0 Å². The van der Waals surface area contributed by atoms with Gasteiger partial charge in [-0.15, -0.1) is 0 Å². The molecular weight excluding hydrogens is 164 g/mol. The summed E-state index contributed by atoms with van der Waals surface area (Å²) >= 11 is 0. The van der Waals surface area contributed by atoms with Crippen molar-refractivity contribution in [1.29, 1.82) is 0 Å². The number of hydrogen-bond acceptors (Lipinski definition) is 5. The van der Waals surface area contributed by atoms with Gasteiger partial charge in [-0.05, 0) is 6.92 Å². The van der Waals surface area contributed by atoms with Gasteiger partial charge in [0.25, 0.3) is 17.3 Å². The second-order valence-electron chi connectivity index (χ2n) is 2.44. The highest BCUT2D eigenvalue weighted by Crippen LogP contribution is 2.08. The van der Waals surface area contributed by atoms with Crippen molar-refractivity contribution in [1.82, 2.24) is 0 Å². The van der Waals surface area contributed by atoms with E-state index >= 15 is 0 Å². The highest BCUT2D eigenvalue weighted by Gasteiger charge is 2.45. The van der Waals surface area contributed by atoms with Gasteiger partial charge in [0.2, 0.25) is 11.6 Å². The third-order valence-electron chi connectivity index (χ3n) is 1.65. The summed E-state index contributed by atoms with van der Waals surface area (Å²) in [7, 11) is 0. The Bertz CT molecular complexity index is 295. The molecule has 0 aromatic heterocycles. The van der Waals surface area contributed by atoms with Crippen LogP contribution >= 0.6 is 0 Å². The molecule has 0 aromatic rings. The van der Waals surface area contributed by atoms with Crippen molar-refractivity contribution in [2.45, 2.75) is 6.92 Å². The van der Waals surface area contributed by atoms with Gasteiger partial charge in [-0.1, -0.05) is 0 Å². The second-order valence-corrected chi connectivity index (χ2v) is 2.44. The van der Waals surface area contributed by atoms with Gasteiger partial charge in [0, 0.05) is 0 Å². The summed E-state index contributed by atoms with van der Waals surface area (Å²) in [4.78, 5) is 53.3. The lowest BCUT2D eigenvalue weighted by molar-refractivity contribution is -0.157. The third-order valence-corrected chi connectivity index (χ3v) is 1.65. The van der Waals surface area contributed by atoms with Gasteiger partial charge in [0.15, 0.2) is 0 Å². The summed E-state index contributed by atoms with van der Waals surface area (Å²) in [5.41, 5.74) is 0. The second kappa shape index (κ2) is 2.44. The molecule has 1 aliphatic carbocycles. The topological polar surface area (TPSA) is 85.3 Å². The Morgan fingerprint density at radius 2 is 1.08 bits per heavy atom. The van der Waals surface area contributed by atoms with E-state index in [9.17, 15) is 24.0 Å². The molecule has 12 heavy (non-hydrogen) atoms. The van der Waals surface area contributed by atoms with Crippen molar-refractivity contribution in [2.75, 3.05) is 0 Å². The molecule has 1 rings (SSSR count). The number of hydrogen-bond donors (Lipinski definition) is 0. The Hall–Kier alpha value is -1.65. The lowest BCUT2D eigenvalue weighted by Crippen LogP contribution is -2.47. The lowest BCUT2D eigenvalue weighted by Gasteiger charge is -2.10. The summed E-state index contributed by atoms with van der Waals surface area (Å²) in [6.45, 7) is 1.13. The lowest BCUT2D eigenvalue weighted by atomic mass is 9.85. The van der Waals surface area contributed by atoms with Crippen LogP contribution in [-0.4, -0.2) is 28.9 Å². The average Bonchev–Trinajstić information content (AvgIpc) is 2.08. The fraction of sp³-hybridized carbons (Fsp3) is 0.286. The zero-order valence-electron chi connectivity index (χ0n) is 6.12. The van der Waals surface area contributed by atoms with Gasteiger partial charge >= 0.3 is 0 Å². The molecule has 0 spiro atoms. The van der Waals surface area contributed by atoms with Crippen molar-refractivity contribution in [3.63, 3.8) is 0 Å². The first-order valence-corrected chi connectivity index (χ1v) is 3.18. The van der Waals surface area contributed by atoms with Gasteiger partial charge in [0.05, 0.1) is 5.92 Å². The molecule has 0 saturated heterocycles. The van der Waals surface area contributed by atoms with Crippen LogP contribution in [0.3, 0.4) is 0 Å². The highest BCUT2D eigenvalue weighted by molar-refractivity contribution is 6.91. The minimum absolute atomic E-state index is 1.09. The maximum atomic E-state index is 10.7. The van der Waals surface area contributed by atoms with E-state index in [4.69, 9.17) is 0 Å². The van der Waals surface area contributed by atoms with Gasteiger partial charge < -0.3 is 0 Å². The SMILES string of the molecule is CC1C(=O)C(=O)C(=O)C(=O)C1=O. The smallest absolute Gasteiger partial charge is 0.280 e. The maximum absolute atomic E-state index is 10.7. The van der Waals surface area contributed by atoms with Crippen LogP contribution in [0.4, 0.5) is 0 Å². The first-order valence-electron chi connectivity index (χ1n) is 3.18. The molecule has 0 aliphatic heterocycles. The largest absolute Gasteiger partial charge is 0.290 e. The van der Waals surface area contributed by atoms with Crippen molar-refractivity contribution in [3.8, 4) is 0 Å². The van der Waals surface area contributed by atoms with E-state index in [1.165, 1.54) is 0 Å². The molecule has 0 atom stereocenters. The Morgan fingerprint density at radius 3 is 1.42 bits per heavy atom. The molecule has 1 aliphatic rings. The molecule has 5 heteroatoms. The van der Waals surface area contributed by atoms with Crippen molar-refractivity contribution < 1.29 is 24.0 Å². The molecular formula is C7H4O5. The van der Waals surface area contributed by atoms with Crippen molar-refractivity contribution in [2.24, 2.45) is 5.92 Å². The molecule has 5 nitrogen and oxygen atoms in total. The molecule has 0 aromatic carbocycles. The van der Waals surface area contributed by atoms with E-state index in [0.717, 1.165) is 6.92 Å². The Kier molecular flexibility index (Phi) is 1.72. The van der Waals surface area contributed by atoms with Crippen molar-refractivity contribution in [3.05, 3.63) is 0 Å². The van der Waals surface area contributed by atoms with Crippen LogP contribution in [0.1, 0.15) is 6.92 Å². The molecule has 0 unspecified atom stereocenters. The summed E-state index contributed by atoms with van der Waals surface area (Å²) in [5, 5.41) is 0. The van der Waals surface area contributed by atoms with E-state index in [-0.39, 0.29) is 0 Å². The first kappa shape index (κ1) is 8.45. The number of carbonyl (C=O) groups excluding carboxylic acids is 5. The minimum Gasteiger partial charge on any atom is -0.290 e. The molecule has 0 heterocycles. The fourth-order valence-corrected chi connectivity index (χ4v) is 0.839. The molecule has 1 saturated carbocycles. The predicted molar refractivity (Wildman–Crippen MR) is 34.2 cm³/mol. The Labute approximate surface area is 66.7 Å². The van der Waals surface area contributed by atoms with E-state index in [1.54, 1.807) is 0 Å². The summed E-state index contributed by atoms with van der Waals surface area (Å²) in [6.07, 6.45) is 0. The van der Waals surface area contributed by atoms with Crippen molar-refractivity contribution >= 4 is 28.9 Å². The van der Waals surface area contributed by atoms with Crippen LogP contribution in [0.25, 0.3) is 0 Å². The van der Waals surface area contributed by atoms with E-state index in [1.807, 2.05) is 0 Å². The average molecular weight is 168 g/mol. The van der Waals surface area contributed by atoms with Crippen LogP contribution in [0, 0.1) is 5.92 Å². The molecule has 0 N–H and O–H groups in total. The van der Waals surface area contributed by atoms with Crippen LogP contribution < -0.4 is 0 Å². The van der Waals surface area contributed by atoms with Crippen LogP contribution in [-0.2, 0) is 24.0 Å². The summed E-state index contributed by atoms with van der Waals surface area (Å²) < 4.78 is 0. The maximum Gasteiger partial charge on any atom is 0.280 e. The first-order chi connectivity index (χ1) is 5.46. The van der Waals surface area contributed by atoms with E-state index in [0.29, 0.717) is 0 Å². The number of Topliss-reactive ketones (excluding diaryl/α,β-unsaturated/α-hetero) is 5. The molecule has 1 fully saturated rings. The zero-order chi connectivity index (χ0) is 9.46. The van der Waals surface area contributed by atoms with E-state index in [2.05, 4.69) is 0 Å². The standard InChI is InChI=1S/C7H4O5/c1-2-3(8)5(10)7(12)6(11)4(2)9/h2H,1H3. The quantitative estimate of drug-likeness (QED) is 0.324. The van der Waals surface area contributed by atoms with Crippen LogP contribution in [0.5, 0.6) is 0 Å². The molecule has 0 radical (unpaired) electrons. The van der Waals surface area contributed by atoms with E-state index < -0.39 is 34.8 Å². The Morgan fingerprint density at radius 1 is 0.750 bits per heavy atom.